The molecule has 2 unspecified atom stereocenters. The van der Waals surface area contributed by atoms with E-state index < -0.39 is 0 Å². The minimum atomic E-state index is 0.0208. The highest BCUT2D eigenvalue weighted by atomic mass is 16.2. The number of amides is 2. The topological polar surface area (TPSA) is 53.2 Å². The molecule has 2 rings (SSSR count). The zero-order chi connectivity index (χ0) is 11.4. The molecule has 0 bridgehead atoms. The van der Waals surface area contributed by atoms with Crippen LogP contribution >= 0.6 is 0 Å². The predicted octanol–water partition coefficient (Wildman–Crippen LogP) is 1.23. The van der Waals surface area contributed by atoms with Gasteiger partial charge in [-0.25, -0.2) is 4.79 Å². The summed E-state index contributed by atoms with van der Waals surface area (Å²) in [6.07, 6.45) is 5.95. The van der Waals surface area contributed by atoms with Gasteiger partial charge >= 0.3 is 6.03 Å². The molecule has 0 radical (unpaired) electrons. The lowest BCUT2D eigenvalue weighted by atomic mass is 9.95. The van der Waals surface area contributed by atoms with Crippen molar-refractivity contribution in [2.24, 2.45) is 5.92 Å². The maximum atomic E-state index is 11.8. The molecule has 2 atom stereocenters. The Hall–Kier alpha value is -0.770. The van der Waals surface area contributed by atoms with Gasteiger partial charge in [0.1, 0.15) is 0 Å². The second-order valence-electron chi connectivity index (χ2n) is 5.18. The summed E-state index contributed by atoms with van der Waals surface area (Å²) in [6.45, 7) is 4.18. The fourth-order valence-corrected chi connectivity index (χ4v) is 2.65. The van der Waals surface area contributed by atoms with E-state index in [0.29, 0.717) is 12.0 Å². The normalized spacial score (nSPS) is 31.3. The number of carbonyl (C=O) groups is 1. The van der Waals surface area contributed by atoms with Gasteiger partial charge in [0, 0.05) is 18.6 Å². The zero-order valence-electron chi connectivity index (χ0n) is 10.1. The van der Waals surface area contributed by atoms with Gasteiger partial charge in [-0.05, 0) is 31.7 Å². The van der Waals surface area contributed by atoms with Crippen molar-refractivity contribution >= 4 is 6.03 Å². The van der Waals surface area contributed by atoms with Crippen LogP contribution in [-0.2, 0) is 0 Å². The highest BCUT2D eigenvalue weighted by Gasteiger charge is 2.24. The van der Waals surface area contributed by atoms with Gasteiger partial charge in [0.2, 0.25) is 0 Å². The Labute approximate surface area is 97.6 Å². The molecule has 3 N–H and O–H groups in total. The van der Waals surface area contributed by atoms with Crippen molar-refractivity contribution in [3.05, 3.63) is 0 Å². The smallest absolute Gasteiger partial charge is 0.315 e. The quantitative estimate of drug-likeness (QED) is 0.662. The van der Waals surface area contributed by atoms with Crippen molar-refractivity contribution in [3.63, 3.8) is 0 Å². The van der Waals surface area contributed by atoms with Crippen LogP contribution in [-0.4, -0.2) is 31.2 Å². The molecular formula is C12H23N3O. The first kappa shape index (κ1) is 11.7. The number of piperidine rings is 1. The molecule has 4 heteroatoms. The van der Waals surface area contributed by atoms with Crippen LogP contribution in [0.4, 0.5) is 4.79 Å². The Bertz CT molecular complexity index is 238. The van der Waals surface area contributed by atoms with Crippen LogP contribution in [0.3, 0.4) is 0 Å². The first-order valence-corrected chi connectivity index (χ1v) is 6.53. The number of carbonyl (C=O) groups excluding carboxylic acids is 1. The van der Waals surface area contributed by atoms with Gasteiger partial charge in [-0.3, -0.25) is 0 Å². The van der Waals surface area contributed by atoms with Crippen LogP contribution in [0.25, 0.3) is 0 Å². The van der Waals surface area contributed by atoms with Crippen LogP contribution in [0.5, 0.6) is 0 Å². The van der Waals surface area contributed by atoms with Crippen LogP contribution in [0.2, 0.25) is 0 Å². The molecule has 1 saturated heterocycles. The Morgan fingerprint density at radius 2 is 1.94 bits per heavy atom. The minimum absolute atomic E-state index is 0.0208. The number of hydrogen-bond acceptors (Lipinski definition) is 2. The van der Waals surface area contributed by atoms with Crippen LogP contribution in [0, 0.1) is 5.92 Å². The van der Waals surface area contributed by atoms with Crippen LogP contribution in [0.15, 0.2) is 0 Å². The lowest BCUT2D eigenvalue weighted by molar-refractivity contribution is 0.221. The van der Waals surface area contributed by atoms with E-state index in [-0.39, 0.29) is 12.1 Å². The summed E-state index contributed by atoms with van der Waals surface area (Å²) in [6, 6.07) is 0.717. The molecule has 2 fully saturated rings. The molecule has 0 aromatic heterocycles. The minimum Gasteiger partial charge on any atom is -0.335 e. The van der Waals surface area contributed by atoms with Gasteiger partial charge in [0.25, 0.3) is 0 Å². The molecule has 4 nitrogen and oxygen atoms in total. The SMILES string of the molecule is CC1CCNCC1NC(=O)NC1CCCC1. The number of urea groups is 1. The summed E-state index contributed by atoms with van der Waals surface area (Å²) in [4.78, 5) is 11.8. The van der Waals surface area contributed by atoms with Crippen molar-refractivity contribution in [1.29, 1.82) is 0 Å². The van der Waals surface area contributed by atoms with Crippen molar-refractivity contribution in [3.8, 4) is 0 Å². The molecule has 2 amide bonds. The molecule has 2 aliphatic rings. The van der Waals surface area contributed by atoms with E-state index in [1.54, 1.807) is 0 Å². The highest BCUT2D eigenvalue weighted by molar-refractivity contribution is 5.74. The molecule has 1 aliphatic carbocycles. The van der Waals surface area contributed by atoms with E-state index >= 15 is 0 Å². The standard InChI is InChI=1S/C12H23N3O/c1-9-6-7-13-8-11(9)15-12(16)14-10-4-2-3-5-10/h9-11,13H,2-8H2,1H3,(H2,14,15,16). The predicted molar refractivity (Wildman–Crippen MR) is 64.4 cm³/mol. The Morgan fingerprint density at radius 1 is 1.19 bits per heavy atom. The van der Waals surface area contributed by atoms with E-state index in [0.717, 1.165) is 32.4 Å². The van der Waals surface area contributed by atoms with Gasteiger partial charge in [0.05, 0.1) is 0 Å². The fourth-order valence-electron chi connectivity index (χ4n) is 2.65. The molecule has 16 heavy (non-hydrogen) atoms. The van der Waals surface area contributed by atoms with E-state index in [2.05, 4.69) is 22.9 Å². The first-order valence-electron chi connectivity index (χ1n) is 6.53. The molecule has 0 spiro atoms. The average molecular weight is 225 g/mol. The number of hydrogen-bond donors (Lipinski definition) is 3. The molecule has 1 aliphatic heterocycles. The monoisotopic (exact) mass is 225 g/mol. The first-order chi connectivity index (χ1) is 7.75. The van der Waals surface area contributed by atoms with Gasteiger partial charge < -0.3 is 16.0 Å². The summed E-state index contributed by atoms with van der Waals surface area (Å²) in [7, 11) is 0. The largest absolute Gasteiger partial charge is 0.335 e. The zero-order valence-corrected chi connectivity index (χ0v) is 10.1. The maximum Gasteiger partial charge on any atom is 0.315 e. The summed E-state index contributed by atoms with van der Waals surface area (Å²) >= 11 is 0. The fraction of sp³-hybridized carbons (Fsp3) is 0.917. The van der Waals surface area contributed by atoms with E-state index in [1.807, 2.05) is 0 Å². The van der Waals surface area contributed by atoms with Gasteiger partial charge in [-0.1, -0.05) is 19.8 Å². The summed E-state index contributed by atoms with van der Waals surface area (Å²) in [5.41, 5.74) is 0. The summed E-state index contributed by atoms with van der Waals surface area (Å²) < 4.78 is 0. The molecule has 1 heterocycles. The third-order valence-electron chi connectivity index (χ3n) is 3.83. The number of nitrogens with one attached hydrogen (secondary N) is 3. The molecule has 0 aromatic rings. The van der Waals surface area contributed by atoms with Gasteiger partial charge in [-0.15, -0.1) is 0 Å². The van der Waals surface area contributed by atoms with Crippen molar-refractivity contribution in [2.75, 3.05) is 13.1 Å². The van der Waals surface area contributed by atoms with Gasteiger partial charge in [0.15, 0.2) is 0 Å². The lowest BCUT2D eigenvalue weighted by Crippen LogP contribution is -2.54. The van der Waals surface area contributed by atoms with Crippen molar-refractivity contribution in [2.45, 2.75) is 51.1 Å². The van der Waals surface area contributed by atoms with Crippen molar-refractivity contribution in [1.82, 2.24) is 16.0 Å². The third kappa shape index (κ3) is 3.11. The maximum absolute atomic E-state index is 11.8. The molecule has 0 aromatic carbocycles. The Balaban J connectivity index is 1.72. The second kappa shape index (κ2) is 5.53. The molecular weight excluding hydrogens is 202 g/mol. The van der Waals surface area contributed by atoms with Crippen molar-refractivity contribution < 1.29 is 4.79 Å². The van der Waals surface area contributed by atoms with E-state index in [9.17, 15) is 4.79 Å². The molecule has 92 valence electrons. The summed E-state index contributed by atoms with van der Waals surface area (Å²) in [5.74, 6) is 0.579. The Morgan fingerprint density at radius 3 is 2.62 bits per heavy atom. The van der Waals surface area contributed by atoms with E-state index in [4.69, 9.17) is 0 Å². The third-order valence-corrected chi connectivity index (χ3v) is 3.83. The molecule has 1 saturated carbocycles. The average Bonchev–Trinajstić information content (AvgIpc) is 2.74. The summed E-state index contributed by atoms with van der Waals surface area (Å²) in [5, 5.41) is 9.47. The van der Waals surface area contributed by atoms with Crippen LogP contribution in [0.1, 0.15) is 39.0 Å². The highest BCUT2D eigenvalue weighted by Crippen LogP contribution is 2.17. The lowest BCUT2D eigenvalue weighted by Gasteiger charge is -2.30. The Kier molecular flexibility index (Phi) is 4.04. The number of rotatable bonds is 2. The van der Waals surface area contributed by atoms with Gasteiger partial charge in [-0.2, -0.15) is 0 Å². The second-order valence-corrected chi connectivity index (χ2v) is 5.18. The van der Waals surface area contributed by atoms with E-state index in [1.165, 1.54) is 12.8 Å². The van der Waals surface area contributed by atoms with Crippen LogP contribution < -0.4 is 16.0 Å².